The fourth-order valence-corrected chi connectivity index (χ4v) is 0. The fourth-order valence-electron chi connectivity index (χ4n) is 0. The van der Waals surface area contributed by atoms with Gasteiger partial charge in [0.2, 0.25) is 0 Å². The van der Waals surface area contributed by atoms with Crippen LogP contribution in [-0.2, 0) is 91.7 Å². The molecule has 0 bridgehead atoms. The summed E-state index contributed by atoms with van der Waals surface area (Å²) < 4.78 is 0. The maximum Gasteiger partial charge on any atom is 2.00 e. The van der Waals surface area contributed by atoms with Crippen LogP contribution in [0.25, 0.3) is 0 Å². The van der Waals surface area contributed by atoms with Crippen LogP contribution in [-0.4, -0.2) is 80.2 Å². The van der Waals surface area contributed by atoms with Gasteiger partial charge in [-0.3, -0.25) is 0 Å². The normalized spacial score (nSPS) is 0. The van der Waals surface area contributed by atoms with Gasteiger partial charge in [-0.1, -0.05) is 0 Å². The summed E-state index contributed by atoms with van der Waals surface area (Å²) >= 11 is 0. The Morgan fingerprint density at radius 1 is 1.11 bits per heavy atom. The zero-order valence-corrected chi connectivity index (χ0v) is 16.0. The second-order valence-corrected chi connectivity index (χ2v) is 0. The Labute approximate surface area is 174 Å². The second kappa shape index (κ2) is 72.9. The topological polar surface area (TPSA) is 0 Å². The van der Waals surface area contributed by atoms with E-state index in [4.69, 9.17) is 0 Å². The number of rotatable bonds is 0. The number of hydrogen-bond donors (Lipinski definition) is 0. The first-order valence-corrected chi connectivity index (χ1v) is 0. The van der Waals surface area contributed by atoms with Crippen LogP contribution in [0, 0.1) is 0 Å². The third-order valence-corrected chi connectivity index (χ3v) is 0. The molecule has 0 spiro atoms. The second-order valence-electron chi connectivity index (χ2n) is 0. The molecule has 0 aromatic rings. The van der Waals surface area contributed by atoms with Gasteiger partial charge in [-0.05, 0) is 11.0 Å². The molecule has 0 amide bonds. The molecule has 0 aromatic carbocycles. The van der Waals surface area contributed by atoms with Crippen LogP contribution in [0.2, 0.25) is 0 Å². The molecule has 0 N–H and O–H groups in total. The quantitative estimate of drug-likeness (QED) is 0.372. The fraction of sp³-hybridized carbons (Fsp3) is 0. The number of hydrogen-bond acceptors (Lipinski definition) is 0. The average Bonchev–Trinajstić information content (AvgIpc) is 0. The van der Waals surface area contributed by atoms with Crippen LogP contribution >= 0.6 is 0 Å². The van der Waals surface area contributed by atoms with Crippen molar-refractivity contribution in [3.05, 3.63) is 0 Å². The average molecular weight is 447 g/mol. The van der Waals surface area contributed by atoms with Crippen molar-refractivity contribution < 1.29 is 97.5 Å². The Morgan fingerprint density at radius 2 is 1.11 bits per heavy atom. The molecule has 0 unspecified atom stereocenters. The van der Waals surface area contributed by atoms with Gasteiger partial charge in [-0.25, -0.2) is 0 Å². The molecule has 0 aliphatic heterocycles. The van der Waals surface area contributed by atoms with Crippen molar-refractivity contribution in [3.63, 3.8) is 0 Å². The molecular weight excluding hydrogens is 439 g/mol. The van der Waals surface area contributed by atoms with Gasteiger partial charge in [0.15, 0.2) is 0 Å². The van der Waals surface area contributed by atoms with Crippen molar-refractivity contribution >= 4 is 80.2 Å². The van der Waals surface area contributed by atoms with E-state index in [0.717, 1.165) is 0 Å². The van der Waals surface area contributed by atoms with Gasteiger partial charge < -0.3 is 5.71 Å². The Bertz CT molecular complexity index is 40.1. The minimum absolute atomic E-state index is 0. The van der Waals surface area contributed by atoms with E-state index in [2.05, 4.69) is 0 Å². The smallest absolute Gasteiger partial charge is 1.00 e. The van der Waals surface area contributed by atoms with Crippen LogP contribution in [0.5, 0.6) is 0 Å². The van der Waals surface area contributed by atoms with Gasteiger partial charge >= 0.3 is 60.8 Å². The van der Waals surface area contributed by atoms with Crippen molar-refractivity contribution in [1.29, 1.82) is 0 Å². The summed E-state index contributed by atoms with van der Waals surface area (Å²) in [5, 5.41) is 0. The van der Waals surface area contributed by atoms with Gasteiger partial charge in [-0.15, -0.1) is 0 Å². The van der Waals surface area contributed by atoms with Gasteiger partial charge in [0, 0.05) is 100 Å². The van der Waals surface area contributed by atoms with Crippen molar-refractivity contribution in [2.75, 3.05) is 0 Å². The van der Waals surface area contributed by atoms with Crippen LogP contribution < -0.4 is 0 Å². The summed E-state index contributed by atoms with van der Waals surface area (Å²) in [7, 11) is 0. The first kappa shape index (κ1) is 91.8. The largest absolute Gasteiger partial charge is 2.00 e. The third kappa shape index (κ3) is 61.4. The summed E-state index contributed by atoms with van der Waals surface area (Å²) in [6.07, 6.45) is 0. The molecule has 0 nitrogen and oxygen atoms in total. The molecule has 0 aliphatic carbocycles. The summed E-state index contributed by atoms with van der Waals surface area (Å²) in [6.45, 7) is 0. The van der Waals surface area contributed by atoms with Gasteiger partial charge in [0.05, 0.1) is 0 Å². The van der Waals surface area contributed by atoms with Gasteiger partial charge in [0.25, 0.3) is 0 Å². The minimum Gasteiger partial charge on any atom is -1.00 e. The molecule has 0 heterocycles. The molecule has 5 radical (unpaired) electrons. The standard InChI is InChI=1S/B.Ca.Cu.Fe.Mg.Mn.Mo.H4Si.Zn.4H/h;;;;;;;1H4;;;;;/q;+2;;;+2;;;;;4*-1. The van der Waals surface area contributed by atoms with Crippen LogP contribution in [0.15, 0.2) is 0 Å². The molecule has 53 valence electrons. The minimum atomic E-state index is 0. The first-order chi connectivity index (χ1) is 0. The monoisotopic (exact) mass is 447 g/mol. The van der Waals surface area contributed by atoms with Crippen molar-refractivity contribution in [3.8, 4) is 0 Å². The molecular formula is H8BCaCuFeMgMnMoSiZn. The molecule has 0 fully saturated rings. The maximum absolute atomic E-state index is 0. The molecule has 0 saturated carbocycles. The Morgan fingerprint density at radius 3 is 1.11 bits per heavy atom. The van der Waals surface area contributed by atoms with Crippen LogP contribution in [0.3, 0.4) is 0 Å². The summed E-state index contributed by atoms with van der Waals surface area (Å²) in [4.78, 5) is 0. The van der Waals surface area contributed by atoms with E-state index in [9.17, 15) is 0 Å². The first-order valence-electron chi connectivity index (χ1n) is 0. The summed E-state index contributed by atoms with van der Waals surface area (Å²) in [5.41, 5.74) is 0. The maximum atomic E-state index is 0. The summed E-state index contributed by atoms with van der Waals surface area (Å²) in [6, 6.07) is 0. The van der Waals surface area contributed by atoms with Crippen LogP contribution in [0.1, 0.15) is 5.71 Å². The predicted molar refractivity (Wildman–Crippen MR) is 33.0 cm³/mol. The Balaban J connectivity index is 0. The summed E-state index contributed by atoms with van der Waals surface area (Å²) in [5.74, 6) is 0. The molecule has 9 heavy (non-hydrogen) atoms. The zero-order chi connectivity index (χ0) is 0. The van der Waals surface area contributed by atoms with E-state index in [1.807, 2.05) is 0 Å². The molecule has 0 aliphatic rings. The van der Waals surface area contributed by atoms with E-state index >= 15 is 0 Å². The molecule has 0 atom stereocenters. The molecule has 0 saturated heterocycles. The van der Waals surface area contributed by atoms with E-state index < -0.39 is 0 Å². The third-order valence-electron chi connectivity index (χ3n) is 0. The molecule has 0 rings (SSSR count). The van der Waals surface area contributed by atoms with E-state index in [1.54, 1.807) is 0 Å². The van der Waals surface area contributed by atoms with Gasteiger partial charge in [0.1, 0.15) is 0 Å². The van der Waals surface area contributed by atoms with E-state index in [0.29, 0.717) is 0 Å². The van der Waals surface area contributed by atoms with E-state index in [-0.39, 0.29) is 178 Å². The van der Waals surface area contributed by atoms with Crippen molar-refractivity contribution in [2.45, 2.75) is 0 Å². The zero-order valence-electron chi connectivity index (χ0n) is 8.14. The predicted octanol–water partition coefficient (Wildman–Crippen LogP) is -2.16. The van der Waals surface area contributed by atoms with Crippen LogP contribution in [0.4, 0.5) is 0 Å². The van der Waals surface area contributed by atoms with Crippen molar-refractivity contribution in [1.82, 2.24) is 0 Å². The van der Waals surface area contributed by atoms with E-state index in [1.165, 1.54) is 0 Å². The van der Waals surface area contributed by atoms with Gasteiger partial charge in [-0.2, -0.15) is 0 Å². The molecule has 9 heteroatoms. The van der Waals surface area contributed by atoms with Crippen molar-refractivity contribution in [2.24, 2.45) is 0 Å². The Kier molecular flexibility index (Phi) is 744. The Hall–Kier alpha value is 5.18. The SMILES string of the molecule is [B].[Ca+2].[Cu].[Fe].[H-].[H-].[H-].[H-].[Mg+2].[Mn].[Mo].[SiH4].[Zn]. The molecule has 0 aromatic heterocycles.